The van der Waals surface area contributed by atoms with Gasteiger partial charge in [-0.25, -0.2) is 0 Å². The smallest absolute Gasteiger partial charge is 0.235 e. The highest BCUT2D eigenvalue weighted by Gasteiger charge is 2.22. The third-order valence-corrected chi connectivity index (χ3v) is 7.91. The van der Waals surface area contributed by atoms with Gasteiger partial charge in [-0.1, -0.05) is 17.8 Å². The molecule has 1 aromatic carbocycles. The zero-order chi connectivity index (χ0) is 24.8. The van der Waals surface area contributed by atoms with Crippen molar-refractivity contribution in [1.82, 2.24) is 14.8 Å². The second kappa shape index (κ2) is 11.6. The number of anilines is 1. The molecule has 0 saturated carbocycles. The zero-order valence-electron chi connectivity index (χ0n) is 20.2. The first kappa shape index (κ1) is 25.1. The van der Waals surface area contributed by atoms with Crippen molar-refractivity contribution in [2.75, 3.05) is 17.7 Å². The number of thiophene rings is 1. The quantitative estimate of drug-likeness (QED) is 0.377. The molecule has 0 saturated heterocycles. The molecule has 0 bridgehead atoms. The predicted octanol–water partition coefficient (Wildman–Crippen LogP) is 5.13. The number of amides is 1. The van der Waals surface area contributed by atoms with Crippen LogP contribution in [0.4, 0.5) is 5.00 Å². The Morgan fingerprint density at radius 2 is 2.06 bits per heavy atom. The van der Waals surface area contributed by atoms with E-state index in [1.165, 1.54) is 28.0 Å². The highest BCUT2D eigenvalue weighted by Crippen LogP contribution is 2.37. The zero-order valence-corrected chi connectivity index (χ0v) is 21.9. The van der Waals surface area contributed by atoms with Crippen LogP contribution in [0.2, 0.25) is 0 Å². The lowest BCUT2D eigenvalue weighted by molar-refractivity contribution is -0.113. The standard InChI is InChI=1S/C25H29N5O3S2/c1-4-30-22(14-33-19-11-10-16(3)12-20(19)32-5-2)28-29-25(30)34-15-23(31)27-24-18(13-26)17-8-6-7-9-21(17)35-24/h10-12H,4-9,14-15H2,1-3H3,(H,27,31). The number of rotatable bonds is 10. The van der Waals surface area contributed by atoms with Crippen molar-refractivity contribution in [3.63, 3.8) is 0 Å². The summed E-state index contributed by atoms with van der Waals surface area (Å²) in [5.74, 6) is 2.06. The number of nitrogens with one attached hydrogen (secondary N) is 1. The van der Waals surface area contributed by atoms with Gasteiger partial charge >= 0.3 is 0 Å². The Bertz CT molecular complexity index is 1240. The Balaban J connectivity index is 1.38. The number of ether oxygens (including phenoxy) is 2. The Morgan fingerprint density at radius 1 is 1.23 bits per heavy atom. The molecule has 10 heteroatoms. The minimum Gasteiger partial charge on any atom is -0.490 e. The van der Waals surface area contributed by atoms with Crippen molar-refractivity contribution in [3.05, 3.63) is 45.6 Å². The SMILES string of the molecule is CCOc1cc(C)ccc1OCc1nnc(SCC(=O)Nc2sc3c(c2C#N)CCCC3)n1CC. The van der Waals surface area contributed by atoms with E-state index in [1.807, 2.05) is 43.5 Å². The van der Waals surface area contributed by atoms with E-state index in [0.29, 0.717) is 46.2 Å². The molecule has 35 heavy (non-hydrogen) atoms. The highest BCUT2D eigenvalue weighted by molar-refractivity contribution is 7.99. The van der Waals surface area contributed by atoms with E-state index >= 15 is 0 Å². The summed E-state index contributed by atoms with van der Waals surface area (Å²) >= 11 is 2.86. The van der Waals surface area contributed by atoms with Crippen LogP contribution in [-0.2, 0) is 30.8 Å². The lowest BCUT2D eigenvalue weighted by atomic mass is 9.96. The first-order valence-electron chi connectivity index (χ1n) is 11.8. The second-order valence-electron chi connectivity index (χ2n) is 8.18. The number of aryl methyl sites for hydroxylation is 2. The molecular weight excluding hydrogens is 482 g/mol. The van der Waals surface area contributed by atoms with Crippen LogP contribution in [0.3, 0.4) is 0 Å². The maximum Gasteiger partial charge on any atom is 0.235 e. The van der Waals surface area contributed by atoms with Gasteiger partial charge in [0.05, 0.1) is 17.9 Å². The molecule has 1 aliphatic carbocycles. The molecule has 1 N–H and O–H groups in total. The van der Waals surface area contributed by atoms with E-state index in [1.54, 1.807) is 0 Å². The van der Waals surface area contributed by atoms with Crippen LogP contribution >= 0.6 is 23.1 Å². The summed E-state index contributed by atoms with van der Waals surface area (Å²) in [6, 6.07) is 8.11. The number of thioether (sulfide) groups is 1. The third kappa shape index (κ3) is 5.80. The molecule has 8 nitrogen and oxygen atoms in total. The van der Waals surface area contributed by atoms with Crippen LogP contribution in [0.15, 0.2) is 23.4 Å². The molecule has 2 heterocycles. The molecule has 0 unspecified atom stereocenters. The van der Waals surface area contributed by atoms with Gasteiger partial charge in [0.2, 0.25) is 5.91 Å². The number of carbonyl (C=O) groups excluding carboxylic acids is 1. The molecule has 0 radical (unpaired) electrons. The molecule has 0 atom stereocenters. The minimum atomic E-state index is -0.158. The van der Waals surface area contributed by atoms with Crippen LogP contribution in [0, 0.1) is 18.3 Å². The largest absolute Gasteiger partial charge is 0.490 e. The number of benzene rings is 1. The molecule has 4 rings (SSSR count). The fraction of sp³-hybridized carbons (Fsp3) is 0.440. The molecule has 0 aliphatic heterocycles. The first-order valence-corrected chi connectivity index (χ1v) is 13.6. The van der Waals surface area contributed by atoms with Gasteiger partial charge in [0.15, 0.2) is 22.5 Å². The van der Waals surface area contributed by atoms with E-state index in [-0.39, 0.29) is 18.3 Å². The van der Waals surface area contributed by atoms with Crippen LogP contribution in [0.5, 0.6) is 11.5 Å². The minimum absolute atomic E-state index is 0.158. The fourth-order valence-corrected chi connectivity index (χ4v) is 6.14. The number of hydrogen-bond acceptors (Lipinski definition) is 8. The summed E-state index contributed by atoms with van der Waals surface area (Å²) in [5, 5.41) is 22.4. The van der Waals surface area contributed by atoms with E-state index in [4.69, 9.17) is 9.47 Å². The summed E-state index contributed by atoms with van der Waals surface area (Å²) in [6.07, 6.45) is 4.13. The Labute approximate surface area is 213 Å². The van der Waals surface area contributed by atoms with Crippen molar-refractivity contribution in [3.8, 4) is 17.6 Å². The van der Waals surface area contributed by atoms with Gasteiger partial charge in [0.1, 0.15) is 17.7 Å². The summed E-state index contributed by atoms with van der Waals surface area (Å²) in [4.78, 5) is 13.9. The van der Waals surface area contributed by atoms with Crippen molar-refractivity contribution < 1.29 is 14.3 Å². The number of fused-ring (bicyclic) bond motifs is 1. The Hall–Kier alpha value is -3.03. The monoisotopic (exact) mass is 511 g/mol. The molecule has 1 amide bonds. The average molecular weight is 512 g/mol. The lowest BCUT2D eigenvalue weighted by Gasteiger charge is -2.13. The second-order valence-corrected chi connectivity index (χ2v) is 10.2. The van der Waals surface area contributed by atoms with E-state index in [2.05, 4.69) is 21.6 Å². The molecule has 0 spiro atoms. The van der Waals surface area contributed by atoms with Crippen LogP contribution in [0.1, 0.15) is 54.1 Å². The number of nitrogens with zero attached hydrogens (tertiary/aromatic N) is 4. The van der Waals surface area contributed by atoms with Crippen molar-refractivity contribution >= 4 is 34.0 Å². The van der Waals surface area contributed by atoms with E-state index in [9.17, 15) is 10.1 Å². The highest BCUT2D eigenvalue weighted by atomic mass is 32.2. The predicted molar refractivity (Wildman–Crippen MR) is 137 cm³/mol. The summed E-state index contributed by atoms with van der Waals surface area (Å²) < 4.78 is 13.6. The van der Waals surface area contributed by atoms with Crippen LogP contribution in [0.25, 0.3) is 0 Å². The molecule has 3 aromatic rings. The first-order chi connectivity index (χ1) is 17.0. The average Bonchev–Trinajstić information content (AvgIpc) is 3.42. The van der Waals surface area contributed by atoms with E-state index in [0.717, 1.165) is 36.8 Å². The van der Waals surface area contributed by atoms with Crippen LogP contribution in [-0.4, -0.2) is 33.0 Å². The van der Waals surface area contributed by atoms with Gasteiger partial charge in [0, 0.05) is 11.4 Å². The summed E-state index contributed by atoms with van der Waals surface area (Å²) in [5.41, 5.74) is 2.84. The molecule has 2 aromatic heterocycles. The van der Waals surface area contributed by atoms with Crippen LogP contribution < -0.4 is 14.8 Å². The van der Waals surface area contributed by atoms with Gasteiger partial charge in [-0.15, -0.1) is 21.5 Å². The topological polar surface area (TPSA) is 102 Å². The summed E-state index contributed by atoms with van der Waals surface area (Å²) in [6.45, 7) is 7.39. The fourth-order valence-electron chi connectivity index (χ4n) is 4.06. The number of hydrogen-bond donors (Lipinski definition) is 1. The van der Waals surface area contributed by atoms with E-state index < -0.39 is 0 Å². The van der Waals surface area contributed by atoms with Gasteiger partial charge in [0.25, 0.3) is 0 Å². The maximum atomic E-state index is 12.7. The molecule has 0 fully saturated rings. The Morgan fingerprint density at radius 3 is 2.83 bits per heavy atom. The number of nitriles is 1. The molecule has 184 valence electrons. The van der Waals surface area contributed by atoms with Gasteiger partial charge in [-0.2, -0.15) is 5.26 Å². The van der Waals surface area contributed by atoms with Crippen molar-refractivity contribution in [2.24, 2.45) is 0 Å². The van der Waals surface area contributed by atoms with Crippen molar-refractivity contribution in [1.29, 1.82) is 5.26 Å². The Kier molecular flexibility index (Phi) is 8.31. The van der Waals surface area contributed by atoms with Gasteiger partial charge in [-0.3, -0.25) is 4.79 Å². The number of aromatic nitrogens is 3. The maximum absolute atomic E-state index is 12.7. The summed E-state index contributed by atoms with van der Waals surface area (Å²) in [7, 11) is 0. The normalized spacial score (nSPS) is 12.6. The number of carbonyl (C=O) groups is 1. The molecular formula is C25H29N5O3S2. The van der Waals surface area contributed by atoms with Crippen molar-refractivity contribution in [2.45, 2.75) is 64.8 Å². The third-order valence-electron chi connectivity index (χ3n) is 5.73. The lowest BCUT2D eigenvalue weighted by Crippen LogP contribution is -2.15. The molecule has 1 aliphatic rings. The van der Waals surface area contributed by atoms with Gasteiger partial charge in [-0.05, 0) is 69.7 Å². The van der Waals surface area contributed by atoms with Gasteiger partial charge < -0.3 is 19.4 Å².